The number of aromatic nitrogens is 4. The summed E-state index contributed by atoms with van der Waals surface area (Å²) in [5.41, 5.74) is 0.519. The van der Waals surface area contributed by atoms with Gasteiger partial charge in [-0.3, -0.25) is 4.98 Å². The number of halogens is 9. The van der Waals surface area contributed by atoms with Crippen LogP contribution in [0, 0.1) is 0 Å². The highest BCUT2D eigenvalue weighted by Crippen LogP contribution is 2.37. The van der Waals surface area contributed by atoms with Crippen LogP contribution in [0.25, 0.3) is 11.5 Å². The van der Waals surface area contributed by atoms with Gasteiger partial charge in [0.25, 0.3) is 0 Å². The van der Waals surface area contributed by atoms with E-state index in [2.05, 4.69) is 25.3 Å². The first-order valence-corrected chi connectivity index (χ1v) is 12.9. The highest BCUT2D eigenvalue weighted by atomic mass is 19.4. The van der Waals surface area contributed by atoms with Crippen molar-refractivity contribution < 1.29 is 49.4 Å². The second-order valence-corrected chi connectivity index (χ2v) is 9.40. The number of aliphatic carboxylic acids is 1. The first kappa shape index (κ1) is 32.9. The molecule has 17 heteroatoms. The van der Waals surface area contributed by atoms with Gasteiger partial charge in [-0.25, -0.2) is 19.7 Å². The number of hydrogen-bond acceptors (Lipinski definition) is 7. The average Bonchev–Trinajstić information content (AvgIpc) is 3.20. The van der Waals surface area contributed by atoms with Crippen LogP contribution in [0.2, 0.25) is 0 Å². The lowest BCUT2D eigenvalue weighted by atomic mass is 10.1. The molecule has 0 unspecified atom stereocenters. The van der Waals surface area contributed by atoms with Gasteiger partial charge < -0.3 is 15.3 Å². The molecule has 0 spiro atoms. The van der Waals surface area contributed by atoms with Gasteiger partial charge in [-0.2, -0.15) is 39.5 Å². The van der Waals surface area contributed by atoms with Crippen LogP contribution in [-0.4, -0.2) is 50.3 Å². The van der Waals surface area contributed by atoms with Crippen LogP contribution in [0.4, 0.5) is 56.8 Å². The third kappa shape index (κ3) is 8.36. The van der Waals surface area contributed by atoms with E-state index in [0.717, 1.165) is 18.2 Å². The number of fused-ring (bicyclic) bond motifs is 1. The Morgan fingerprint density at radius 3 is 2.00 bits per heavy atom. The third-order valence-electron chi connectivity index (χ3n) is 6.35. The summed E-state index contributed by atoms with van der Waals surface area (Å²) in [4.78, 5) is 28.0. The number of carbonyl (C=O) groups is 1. The summed E-state index contributed by atoms with van der Waals surface area (Å²) >= 11 is 0. The molecule has 45 heavy (non-hydrogen) atoms. The fourth-order valence-electron chi connectivity index (χ4n) is 4.27. The van der Waals surface area contributed by atoms with Gasteiger partial charge in [-0.05, 0) is 55.0 Å². The Balaban J connectivity index is 0.000000591. The van der Waals surface area contributed by atoms with Gasteiger partial charge in [0.15, 0.2) is 5.82 Å². The summed E-state index contributed by atoms with van der Waals surface area (Å²) in [6.45, 7) is 0.437. The van der Waals surface area contributed by atoms with Gasteiger partial charge in [0.05, 0.1) is 16.8 Å². The first-order valence-electron chi connectivity index (χ1n) is 12.9. The number of rotatable bonds is 4. The molecule has 0 amide bonds. The molecule has 8 nitrogen and oxygen atoms in total. The molecule has 0 saturated carbocycles. The van der Waals surface area contributed by atoms with Crippen molar-refractivity contribution in [2.24, 2.45) is 0 Å². The van der Waals surface area contributed by atoms with E-state index in [9.17, 15) is 39.5 Å². The number of pyridine rings is 2. The SMILES string of the molecule is FC(F)(F)c1ccc(Nc2nc(-c3ccccn3)nc3c2CCN(c2ncccc2C(F)(F)F)CC3)cc1.O=C(O)C(F)(F)F. The van der Waals surface area contributed by atoms with Gasteiger partial charge in [0.2, 0.25) is 0 Å². The standard InChI is InChI=1S/C26H20F6N6.C2HF3O2/c27-25(28,29)16-6-8-17(9-7-16)35-22-18-10-14-38(24-19(26(30,31)32)4-3-13-34-24)15-11-20(18)36-23(37-22)21-5-1-2-12-33-21;3-2(4,5)1(6)7/h1-9,12-13H,10-11,14-15H2,(H,35,36,37);(H,6,7). The summed E-state index contributed by atoms with van der Waals surface area (Å²) in [7, 11) is 0. The number of nitrogens with one attached hydrogen (secondary N) is 1. The molecule has 2 N–H and O–H groups in total. The van der Waals surface area contributed by atoms with E-state index < -0.39 is 35.6 Å². The Bertz CT molecular complexity index is 1630. The monoisotopic (exact) mass is 644 g/mol. The lowest BCUT2D eigenvalue weighted by Crippen LogP contribution is -2.29. The van der Waals surface area contributed by atoms with Crippen LogP contribution in [0.3, 0.4) is 0 Å². The van der Waals surface area contributed by atoms with E-state index in [4.69, 9.17) is 9.90 Å². The Hall–Kier alpha value is -4.96. The normalized spacial score (nSPS) is 13.7. The fraction of sp³-hybridized carbons (Fsp3) is 0.250. The maximum absolute atomic E-state index is 13.6. The van der Waals surface area contributed by atoms with E-state index >= 15 is 0 Å². The molecule has 1 aromatic carbocycles. The largest absolute Gasteiger partial charge is 0.490 e. The minimum Gasteiger partial charge on any atom is -0.475 e. The van der Waals surface area contributed by atoms with E-state index in [1.807, 2.05) is 0 Å². The molecular formula is C28H21F9N6O2. The summed E-state index contributed by atoms with van der Waals surface area (Å²) in [5.74, 6) is -2.27. The maximum Gasteiger partial charge on any atom is 0.490 e. The van der Waals surface area contributed by atoms with Crippen molar-refractivity contribution in [3.05, 3.63) is 89.4 Å². The molecule has 4 heterocycles. The van der Waals surface area contributed by atoms with E-state index in [1.165, 1.54) is 24.4 Å². The van der Waals surface area contributed by atoms with Gasteiger partial charge in [0, 0.05) is 43.2 Å². The maximum atomic E-state index is 13.6. The summed E-state index contributed by atoms with van der Waals surface area (Å²) in [6, 6.07) is 12.0. The molecule has 0 fully saturated rings. The number of hydrogen-bond donors (Lipinski definition) is 2. The van der Waals surface area contributed by atoms with E-state index in [1.54, 1.807) is 29.3 Å². The highest BCUT2D eigenvalue weighted by Gasteiger charge is 2.38. The zero-order valence-electron chi connectivity index (χ0n) is 22.7. The molecule has 1 aliphatic heterocycles. The third-order valence-corrected chi connectivity index (χ3v) is 6.35. The number of nitrogens with zero attached hydrogens (tertiary/aromatic N) is 5. The Morgan fingerprint density at radius 1 is 0.778 bits per heavy atom. The van der Waals surface area contributed by atoms with Crippen LogP contribution in [0.15, 0.2) is 67.0 Å². The van der Waals surface area contributed by atoms with Gasteiger partial charge >= 0.3 is 24.5 Å². The van der Waals surface area contributed by atoms with Crippen molar-refractivity contribution in [1.29, 1.82) is 0 Å². The van der Waals surface area contributed by atoms with Crippen molar-refractivity contribution in [3.8, 4) is 11.5 Å². The lowest BCUT2D eigenvalue weighted by Gasteiger charge is -2.24. The first-order chi connectivity index (χ1) is 21.0. The van der Waals surface area contributed by atoms with Crippen molar-refractivity contribution in [3.63, 3.8) is 0 Å². The molecule has 0 bridgehead atoms. The lowest BCUT2D eigenvalue weighted by molar-refractivity contribution is -0.192. The van der Waals surface area contributed by atoms with Crippen molar-refractivity contribution in [2.75, 3.05) is 23.3 Å². The van der Waals surface area contributed by atoms with Crippen LogP contribution in [-0.2, 0) is 30.0 Å². The zero-order chi connectivity index (χ0) is 33.0. The van der Waals surface area contributed by atoms with Crippen LogP contribution in [0.5, 0.6) is 0 Å². The molecule has 0 saturated heterocycles. The molecule has 1 aliphatic rings. The number of carboxylic acids is 1. The topological polar surface area (TPSA) is 104 Å². The minimum atomic E-state index is -5.08. The second kappa shape index (κ2) is 13.0. The molecule has 0 radical (unpaired) electrons. The van der Waals surface area contributed by atoms with Crippen molar-refractivity contribution in [1.82, 2.24) is 19.9 Å². The van der Waals surface area contributed by atoms with Crippen molar-refractivity contribution in [2.45, 2.75) is 31.4 Å². The molecule has 238 valence electrons. The Morgan fingerprint density at radius 2 is 1.42 bits per heavy atom. The quantitative estimate of drug-likeness (QED) is 0.230. The average molecular weight is 644 g/mol. The van der Waals surface area contributed by atoms with Crippen molar-refractivity contribution >= 4 is 23.3 Å². The zero-order valence-corrected chi connectivity index (χ0v) is 22.7. The molecule has 0 aliphatic carbocycles. The second-order valence-electron chi connectivity index (χ2n) is 9.40. The Kier molecular flexibility index (Phi) is 9.48. The van der Waals surface area contributed by atoms with Gasteiger partial charge in [-0.1, -0.05) is 6.07 Å². The predicted octanol–water partition coefficient (Wildman–Crippen LogP) is 6.95. The number of benzene rings is 1. The number of alkyl halides is 9. The predicted molar refractivity (Wildman–Crippen MR) is 143 cm³/mol. The van der Waals surface area contributed by atoms with E-state index in [0.29, 0.717) is 40.7 Å². The number of carboxylic acid groups (broad SMARTS) is 1. The van der Waals surface area contributed by atoms with Crippen LogP contribution < -0.4 is 10.2 Å². The van der Waals surface area contributed by atoms with Gasteiger partial charge in [0.1, 0.15) is 17.3 Å². The highest BCUT2D eigenvalue weighted by molar-refractivity contribution is 5.73. The molecule has 3 aromatic heterocycles. The fourth-order valence-corrected chi connectivity index (χ4v) is 4.27. The summed E-state index contributed by atoms with van der Waals surface area (Å²) in [6.07, 6.45) is -10.6. The molecule has 0 atom stereocenters. The van der Waals surface area contributed by atoms with Gasteiger partial charge in [-0.15, -0.1) is 0 Å². The summed E-state index contributed by atoms with van der Waals surface area (Å²) < 4.78 is 112. The summed E-state index contributed by atoms with van der Waals surface area (Å²) in [5, 5.41) is 10.2. The number of anilines is 3. The van der Waals surface area contributed by atoms with Crippen LogP contribution in [0.1, 0.15) is 22.4 Å². The smallest absolute Gasteiger partial charge is 0.475 e. The van der Waals surface area contributed by atoms with E-state index in [-0.39, 0.29) is 25.3 Å². The Labute approximate surface area is 248 Å². The molecule has 5 rings (SSSR count). The minimum absolute atomic E-state index is 0.164. The molecule has 4 aromatic rings. The van der Waals surface area contributed by atoms with Crippen LogP contribution >= 0.6 is 0 Å². The molecular weight excluding hydrogens is 623 g/mol.